The van der Waals surface area contributed by atoms with Gasteiger partial charge >= 0.3 is 5.97 Å². The zero-order valence-corrected chi connectivity index (χ0v) is 11.4. The lowest BCUT2D eigenvalue weighted by atomic mass is 9.97. The zero-order chi connectivity index (χ0) is 12.1. The van der Waals surface area contributed by atoms with Crippen LogP contribution in [0.5, 0.6) is 0 Å². The first-order valence-corrected chi connectivity index (χ1v) is 6.50. The summed E-state index contributed by atoms with van der Waals surface area (Å²) in [6.45, 7) is 0. The lowest BCUT2D eigenvalue weighted by Gasteiger charge is -2.25. The molecule has 1 aromatic rings. The molecule has 2 rings (SSSR count). The van der Waals surface area contributed by atoms with Crippen molar-refractivity contribution in [2.24, 2.45) is 0 Å². The van der Waals surface area contributed by atoms with Crippen molar-refractivity contribution in [3.05, 3.63) is 18.2 Å². The number of nitrogens with zero attached hydrogens (tertiary/aromatic N) is 2. The summed E-state index contributed by atoms with van der Waals surface area (Å²) in [6.07, 6.45) is 12.0. The highest BCUT2D eigenvalue weighted by molar-refractivity contribution is 5.85. The second kappa shape index (κ2) is 7.41. The van der Waals surface area contributed by atoms with E-state index >= 15 is 0 Å². The Balaban J connectivity index is 0.00000162. The van der Waals surface area contributed by atoms with E-state index in [4.69, 9.17) is 5.11 Å². The van der Waals surface area contributed by atoms with Crippen molar-refractivity contribution in [1.29, 1.82) is 0 Å². The molecule has 0 saturated carbocycles. The van der Waals surface area contributed by atoms with Crippen LogP contribution in [0.15, 0.2) is 12.5 Å². The molecule has 18 heavy (non-hydrogen) atoms. The number of fused-ring (bicyclic) bond motifs is 1. The molecule has 1 aromatic heterocycles. The fourth-order valence-electron chi connectivity index (χ4n) is 2.63. The Morgan fingerprint density at radius 3 is 3.06 bits per heavy atom. The van der Waals surface area contributed by atoms with Gasteiger partial charge in [0, 0.05) is 24.4 Å². The van der Waals surface area contributed by atoms with E-state index < -0.39 is 5.97 Å². The fourth-order valence-corrected chi connectivity index (χ4v) is 2.63. The maximum absolute atomic E-state index is 10.4. The lowest BCUT2D eigenvalue weighted by molar-refractivity contribution is -0.137. The molecule has 2 heterocycles. The molecule has 4 nitrogen and oxygen atoms in total. The molecule has 1 atom stereocenters. The molecule has 0 radical (unpaired) electrons. The van der Waals surface area contributed by atoms with Crippen LogP contribution >= 0.6 is 12.4 Å². The van der Waals surface area contributed by atoms with Crippen molar-refractivity contribution < 1.29 is 9.90 Å². The van der Waals surface area contributed by atoms with E-state index in [0.29, 0.717) is 12.5 Å². The van der Waals surface area contributed by atoms with Gasteiger partial charge in [-0.2, -0.15) is 0 Å². The van der Waals surface area contributed by atoms with Gasteiger partial charge in [0.25, 0.3) is 0 Å². The van der Waals surface area contributed by atoms with Crippen molar-refractivity contribution in [3.8, 4) is 0 Å². The normalized spacial score (nSPS) is 17.9. The third kappa shape index (κ3) is 4.02. The fraction of sp³-hybridized carbons (Fsp3) is 0.692. The van der Waals surface area contributed by atoms with Gasteiger partial charge in [-0.15, -0.1) is 12.4 Å². The molecule has 1 aliphatic rings. The number of carbonyl (C=O) groups is 1. The maximum atomic E-state index is 10.4. The van der Waals surface area contributed by atoms with Crippen LogP contribution in [0.25, 0.3) is 0 Å². The van der Waals surface area contributed by atoms with Gasteiger partial charge in [0.2, 0.25) is 0 Å². The number of aryl methyl sites for hydroxylation is 1. The lowest BCUT2D eigenvalue weighted by Crippen LogP contribution is -2.16. The van der Waals surface area contributed by atoms with Crippen LogP contribution in [0, 0.1) is 0 Å². The van der Waals surface area contributed by atoms with Gasteiger partial charge in [0.15, 0.2) is 0 Å². The number of aromatic nitrogens is 2. The number of carboxylic acids is 1. The zero-order valence-electron chi connectivity index (χ0n) is 10.5. The van der Waals surface area contributed by atoms with E-state index in [1.807, 2.05) is 12.5 Å². The highest BCUT2D eigenvalue weighted by Gasteiger charge is 2.18. The average molecular weight is 273 g/mol. The third-order valence-corrected chi connectivity index (χ3v) is 3.54. The second-order valence-corrected chi connectivity index (χ2v) is 4.83. The summed E-state index contributed by atoms with van der Waals surface area (Å²) in [6, 6.07) is 0.589. The molecule has 1 aliphatic heterocycles. The van der Waals surface area contributed by atoms with Crippen molar-refractivity contribution >= 4 is 18.4 Å². The summed E-state index contributed by atoms with van der Waals surface area (Å²) in [5, 5.41) is 8.55. The Hall–Kier alpha value is -1.03. The molecule has 0 amide bonds. The van der Waals surface area contributed by atoms with Gasteiger partial charge in [-0.05, 0) is 32.1 Å². The quantitative estimate of drug-likeness (QED) is 0.809. The summed E-state index contributed by atoms with van der Waals surface area (Å²) in [4.78, 5) is 14.6. The molecule has 1 N–H and O–H groups in total. The number of imidazole rings is 1. The van der Waals surface area contributed by atoms with E-state index in [9.17, 15) is 4.79 Å². The van der Waals surface area contributed by atoms with Crippen LogP contribution in [0.2, 0.25) is 0 Å². The number of aliphatic carboxylic acids is 1. The minimum absolute atomic E-state index is 0. The first-order valence-electron chi connectivity index (χ1n) is 6.50. The molecule has 0 spiro atoms. The first kappa shape index (κ1) is 15.0. The molecule has 0 saturated heterocycles. The number of carboxylic acid groups (broad SMARTS) is 1. The highest BCUT2D eigenvalue weighted by atomic mass is 35.5. The minimum atomic E-state index is -0.681. The SMILES string of the molecule is Cl.O=C(O)CCCCCC1CCCc2cncn21. The van der Waals surface area contributed by atoms with Gasteiger partial charge in [-0.1, -0.05) is 12.8 Å². The van der Waals surface area contributed by atoms with Crippen molar-refractivity contribution in [3.63, 3.8) is 0 Å². The van der Waals surface area contributed by atoms with E-state index in [0.717, 1.165) is 32.1 Å². The van der Waals surface area contributed by atoms with Crippen LogP contribution in [-0.2, 0) is 11.2 Å². The Bertz CT molecular complexity index is 379. The van der Waals surface area contributed by atoms with Crippen LogP contribution < -0.4 is 0 Å². The summed E-state index contributed by atoms with van der Waals surface area (Å²) in [5.74, 6) is -0.681. The van der Waals surface area contributed by atoms with E-state index in [1.54, 1.807) is 0 Å². The standard InChI is InChI=1S/C13H20N2O2.ClH/c16-13(17)8-3-1-2-5-11-6-4-7-12-9-14-10-15(11)12;/h9-11H,1-8H2,(H,16,17);1H. The van der Waals surface area contributed by atoms with Gasteiger partial charge in [-0.25, -0.2) is 4.98 Å². The van der Waals surface area contributed by atoms with Crippen molar-refractivity contribution in [1.82, 2.24) is 9.55 Å². The second-order valence-electron chi connectivity index (χ2n) is 4.83. The predicted molar refractivity (Wildman–Crippen MR) is 72.2 cm³/mol. The Morgan fingerprint density at radius 1 is 1.44 bits per heavy atom. The van der Waals surface area contributed by atoms with Gasteiger partial charge < -0.3 is 9.67 Å². The molecule has 1 unspecified atom stereocenters. The van der Waals surface area contributed by atoms with Crippen LogP contribution in [0.3, 0.4) is 0 Å². The highest BCUT2D eigenvalue weighted by Crippen LogP contribution is 2.28. The summed E-state index contributed by atoms with van der Waals surface area (Å²) < 4.78 is 2.31. The molecule has 5 heteroatoms. The predicted octanol–water partition coefficient (Wildman–Crippen LogP) is 3.22. The minimum Gasteiger partial charge on any atom is -0.481 e. The summed E-state index contributed by atoms with van der Waals surface area (Å²) >= 11 is 0. The third-order valence-electron chi connectivity index (χ3n) is 3.54. The number of hydrogen-bond acceptors (Lipinski definition) is 2. The Morgan fingerprint density at radius 2 is 2.28 bits per heavy atom. The topological polar surface area (TPSA) is 55.1 Å². The van der Waals surface area contributed by atoms with E-state index in [2.05, 4.69) is 9.55 Å². The number of rotatable bonds is 6. The number of halogens is 1. The number of hydrogen-bond donors (Lipinski definition) is 1. The van der Waals surface area contributed by atoms with E-state index in [1.165, 1.54) is 18.5 Å². The monoisotopic (exact) mass is 272 g/mol. The molecular weight excluding hydrogens is 252 g/mol. The van der Waals surface area contributed by atoms with Crippen molar-refractivity contribution in [2.45, 2.75) is 57.4 Å². The Kier molecular flexibility index (Phi) is 6.19. The van der Waals surface area contributed by atoms with Crippen LogP contribution in [0.1, 0.15) is 56.7 Å². The molecular formula is C13H21ClN2O2. The molecule has 0 bridgehead atoms. The summed E-state index contributed by atoms with van der Waals surface area (Å²) in [7, 11) is 0. The van der Waals surface area contributed by atoms with Gasteiger partial charge in [-0.3, -0.25) is 4.79 Å². The number of unbranched alkanes of at least 4 members (excludes halogenated alkanes) is 2. The Labute approximate surface area is 114 Å². The van der Waals surface area contributed by atoms with E-state index in [-0.39, 0.29) is 12.4 Å². The molecule has 102 valence electrons. The van der Waals surface area contributed by atoms with Gasteiger partial charge in [0.05, 0.1) is 6.33 Å². The average Bonchev–Trinajstić information content (AvgIpc) is 2.77. The smallest absolute Gasteiger partial charge is 0.303 e. The largest absolute Gasteiger partial charge is 0.481 e. The maximum Gasteiger partial charge on any atom is 0.303 e. The first-order chi connectivity index (χ1) is 8.27. The van der Waals surface area contributed by atoms with Crippen LogP contribution in [0.4, 0.5) is 0 Å². The van der Waals surface area contributed by atoms with Crippen LogP contribution in [-0.4, -0.2) is 20.6 Å². The van der Waals surface area contributed by atoms with Crippen molar-refractivity contribution in [2.75, 3.05) is 0 Å². The van der Waals surface area contributed by atoms with Gasteiger partial charge in [0.1, 0.15) is 0 Å². The molecule has 0 fully saturated rings. The molecule has 0 aliphatic carbocycles. The molecule has 0 aromatic carbocycles. The summed E-state index contributed by atoms with van der Waals surface area (Å²) in [5.41, 5.74) is 1.35.